The minimum absolute atomic E-state index is 0.142. The molecular weight excluding hydrogens is 493 g/mol. The van der Waals surface area contributed by atoms with E-state index in [9.17, 15) is 27.9 Å². The first kappa shape index (κ1) is 26.6. The number of alkyl halides is 3. The van der Waals surface area contributed by atoms with Gasteiger partial charge in [0.2, 0.25) is 5.91 Å². The summed E-state index contributed by atoms with van der Waals surface area (Å²) >= 11 is 0. The molecule has 0 aromatic heterocycles. The smallest absolute Gasteiger partial charge is 0.491 e. The number of nitrogens with zero attached hydrogens (tertiary/aromatic N) is 2. The van der Waals surface area contributed by atoms with E-state index in [4.69, 9.17) is 9.47 Å². The number of carboxylic acids is 1. The molecule has 0 radical (unpaired) electrons. The van der Waals surface area contributed by atoms with Crippen LogP contribution >= 0.6 is 0 Å². The molecule has 2 aliphatic rings. The normalized spacial score (nSPS) is 19.7. The monoisotopic (exact) mass is 522 g/mol. The molecule has 200 valence electrons. The molecule has 0 spiro atoms. The number of carbonyl (C=O) groups excluding carboxylic acids is 1. The largest absolute Gasteiger partial charge is 0.573 e. The van der Waals surface area contributed by atoms with Crippen molar-refractivity contribution in [1.82, 2.24) is 4.90 Å². The Kier molecular flexibility index (Phi) is 7.54. The zero-order chi connectivity index (χ0) is 26.9. The Morgan fingerprint density at radius 2 is 1.78 bits per heavy atom. The van der Waals surface area contributed by atoms with Gasteiger partial charge in [-0.05, 0) is 76.1 Å². The summed E-state index contributed by atoms with van der Waals surface area (Å²) in [5.41, 5.74) is 1.79. The lowest BCUT2D eigenvalue weighted by atomic mass is 10.1. The highest BCUT2D eigenvalue weighted by Crippen LogP contribution is 2.35. The summed E-state index contributed by atoms with van der Waals surface area (Å²) in [5, 5.41) is 9.34. The average molecular weight is 523 g/mol. The van der Waals surface area contributed by atoms with Gasteiger partial charge in [0.05, 0.1) is 12.1 Å². The van der Waals surface area contributed by atoms with E-state index in [1.807, 2.05) is 0 Å². The number of rotatable bonds is 8. The Hall–Kier alpha value is -3.47. The lowest BCUT2D eigenvalue weighted by Gasteiger charge is -2.27. The van der Waals surface area contributed by atoms with Crippen molar-refractivity contribution in [1.29, 1.82) is 0 Å². The highest BCUT2D eigenvalue weighted by Gasteiger charge is 2.42. The average Bonchev–Trinajstić information content (AvgIpc) is 3.40. The second kappa shape index (κ2) is 10.5. The zero-order valence-corrected chi connectivity index (χ0v) is 20.7. The van der Waals surface area contributed by atoms with Crippen molar-refractivity contribution in [2.45, 2.75) is 64.3 Å². The van der Waals surface area contributed by atoms with E-state index in [2.05, 4.69) is 4.74 Å². The van der Waals surface area contributed by atoms with E-state index in [-0.39, 0.29) is 29.9 Å². The van der Waals surface area contributed by atoms with Crippen LogP contribution in [0.4, 0.5) is 18.9 Å². The number of likely N-dealkylation sites (N-methyl/N-ethyl adjacent to an activating group) is 1. The predicted molar refractivity (Wildman–Crippen MR) is 128 cm³/mol. The molecule has 1 fully saturated rings. The number of benzene rings is 2. The minimum atomic E-state index is -4.87. The lowest BCUT2D eigenvalue weighted by molar-refractivity contribution is -0.275. The molecule has 2 aromatic carbocycles. The van der Waals surface area contributed by atoms with Crippen LogP contribution in [0.2, 0.25) is 0 Å². The molecule has 1 amide bonds. The standard InChI is InChI=1S/C26H29F3N2O6/c1-15(2)36-19-5-4-17(23(13-19)37-26(27,28)29)14-35-18-6-7-20-16(12-18)10-11-31(20)24(32)21-8-9-22(25(33)34)30(21)3/h4-7,12-13,15,21-22H,8-11,14H2,1-3H3,(H,33,34)/t21-,22-/m0/s1. The SMILES string of the molecule is CC(C)Oc1ccc(COc2ccc3c(c2)CCN3C(=O)[C@@H]2CC[C@@H](C(=O)O)N2C)c(OC(F)(F)F)c1. The van der Waals surface area contributed by atoms with E-state index >= 15 is 0 Å². The molecular formula is C26H29F3N2O6. The Balaban J connectivity index is 1.46. The number of ether oxygens (including phenoxy) is 3. The van der Waals surface area contributed by atoms with Gasteiger partial charge in [-0.3, -0.25) is 14.5 Å². The van der Waals surface area contributed by atoms with Crippen molar-refractivity contribution < 1.29 is 42.1 Å². The van der Waals surface area contributed by atoms with E-state index in [1.165, 1.54) is 12.1 Å². The van der Waals surface area contributed by atoms with Crippen LogP contribution in [0, 0.1) is 0 Å². The molecule has 11 heteroatoms. The maximum atomic E-state index is 13.2. The van der Waals surface area contributed by atoms with Gasteiger partial charge in [-0.15, -0.1) is 13.2 Å². The molecule has 1 N–H and O–H groups in total. The summed E-state index contributed by atoms with van der Waals surface area (Å²) in [7, 11) is 1.65. The molecule has 0 aliphatic carbocycles. The molecule has 2 aliphatic heterocycles. The number of anilines is 1. The molecule has 37 heavy (non-hydrogen) atoms. The number of hydrogen-bond donors (Lipinski definition) is 1. The van der Waals surface area contributed by atoms with E-state index in [1.54, 1.807) is 55.0 Å². The van der Waals surface area contributed by atoms with Crippen LogP contribution in [0.3, 0.4) is 0 Å². The number of hydrogen-bond acceptors (Lipinski definition) is 6. The Morgan fingerprint density at radius 3 is 2.43 bits per heavy atom. The molecule has 0 saturated carbocycles. The van der Waals surface area contributed by atoms with Crippen LogP contribution < -0.4 is 19.1 Å². The van der Waals surface area contributed by atoms with E-state index < -0.39 is 30.2 Å². The second-order valence-electron chi connectivity index (χ2n) is 9.42. The fourth-order valence-electron chi connectivity index (χ4n) is 4.79. The fourth-order valence-corrected chi connectivity index (χ4v) is 4.79. The summed E-state index contributed by atoms with van der Waals surface area (Å²) in [5.74, 6) is -0.784. The van der Waals surface area contributed by atoms with Crippen LogP contribution in [0.25, 0.3) is 0 Å². The van der Waals surface area contributed by atoms with Crippen molar-refractivity contribution in [2.24, 2.45) is 0 Å². The molecule has 0 unspecified atom stereocenters. The van der Waals surface area contributed by atoms with Crippen molar-refractivity contribution >= 4 is 17.6 Å². The predicted octanol–water partition coefficient (Wildman–Crippen LogP) is 4.39. The van der Waals surface area contributed by atoms with Gasteiger partial charge in [-0.1, -0.05) is 0 Å². The summed E-state index contributed by atoms with van der Waals surface area (Å²) < 4.78 is 54.3. The third kappa shape index (κ3) is 6.10. The van der Waals surface area contributed by atoms with E-state index in [0.717, 1.165) is 11.3 Å². The number of halogens is 3. The maximum absolute atomic E-state index is 13.2. The Bertz CT molecular complexity index is 1170. The Morgan fingerprint density at radius 1 is 1.08 bits per heavy atom. The number of likely N-dealkylation sites (tertiary alicyclic amines) is 1. The molecule has 4 rings (SSSR count). The van der Waals surface area contributed by atoms with Crippen molar-refractivity contribution in [2.75, 3.05) is 18.5 Å². The first-order valence-electron chi connectivity index (χ1n) is 12.0. The van der Waals surface area contributed by atoms with Crippen molar-refractivity contribution in [3.05, 3.63) is 47.5 Å². The zero-order valence-electron chi connectivity index (χ0n) is 20.7. The van der Waals surface area contributed by atoms with Crippen LogP contribution in [0.1, 0.15) is 37.8 Å². The van der Waals surface area contributed by atoms with Gasteiger partial charge in [0.25, 0.3) is 0 Å². The topological polar surface area (TPSA) is 88.5 Å². The van der Waals surface area contributed by atoms with Gasteiger partial charge in [-0.2, -0.15) is 0 Å². The van der Waals surface area contributed by atoms with Crippen molar-refractivity contribution in [3.8, 4) is 17.2 Å². The van der Waals surface area contributed by atoms with Crippen molar-refractivity contribution in [3.63, 3.8) is 0 Å². The third-order valence-corrected chi connectivity index (χ3v) is 6.51. The molecule has 2 atom stereocenters. The molecule has 1 saturated heterocycles. The summed E-state index contributed by atoms with van der Waals surface area (Å²) in [6.45, 7) is 3.82. The number of amides is 1. The number of carboxylic acid groups (broad SMARTS) is 1. The maximum Gasteiger partial charge on any atom is 0.573 e. The lowest BCUT2D eigenvalue weighted by Crippen LogP contribution is -2.47. The highest BCUT2D eigenvalue weighted by molar-refractivity contribution is 5.99. The summed E-state index contributed by atoms with van der Waals surface area (Å²) in [6.07, 6.45) is -3.61. The second-order valence-corrected chi connectivity index (χ2v) is 9.42. The van der Waals surface area contributed by atoms with Gasteiger partial charge in [0, 0.05) is 23.9 Å². The summed E-state index contributed by atoms with van der Waals surface area (Å²) in [6, 6.07) is 8.20. The van der Waals surface area contributed by atoms with Crippen LogP contribution in [-0.2, 0) is 22.6 Å². The van der Waals surface area contributed by atoms with Crippen LogP contribution in [-0.4, -0.2) is 60.0 Å². The molecule has 8 nitrogen and oxygen atoms in total. The molecule has 0 bridgehead atoms. The summed E-state index contributed by atoms with van der Waals surface area (Å²) in [4.78, 5) is 27.8. The minimum Gasteiger partial charge on any atom is -0.491 e. The Labute approximate surface area is 212 Å². The quantitative estimate of drug-likeness (QED) is 0.550. The van der Waals surface area contributed by atoms with Gasteiger partial charge < -0.3 is 24.2 Å². The molecule has 2 heterocycles. The fraction of sp³-hybridized carbons (Fsp3) is 0.462. The number of fused-ring (bicyclic) bond motifs is 1. The first-order valence-corrected chi connectivity index (χ1v) is 12.0. The van der Waals surface area contributed by atoms with Gasteiger partial charge >= 0.3 is 12.3 Å². The highest BCUT2D eigenvalue weighted by atomic mass is 19.4. The van der Waals surface area contributed by atoms with E-state index in [0.29, 0.717) is 31.6 Å². The number of aliphatic carboxylic acids is 1. The number of carbonyl (C=O) groups is 2. The first-order chi connectivity index (χ1) is 17.4. The molecule has 2 aromatic rings. The van der Waals surface area contributed by atoms with Gasteiger partial charge in [0.1, 0.15) is 29.9 Å². The van der Waals surface area contributed by atoms with Gasteiger partial charge in [0.15, 0.2) is 0 Å². The van der Waals surface area contributed by atoms with Crippen LogP contribution in [0.15, 0.2) is 36.4 Å². The third-order valence-electron chi connectivity index (χ3n) is 6.51. The van der Waals surface area contributed by atoms with Crippen LogP contribution in [0.5, 0.6) is 17.2 Å². The van der Waals surface area contributed by atoms with Gasteiger partial charge in [-0.25, -0.2) is 0 Å².